The third-order valence-electron chi connectivity index (χ3n) is 6.12. The third kappa shape index (κ3) is 6.28. The number of benzene rings is 2. The van der Waals surface area contributed by atoms with E-state index in [4.69, 9.17) is 23.5 Å². The van der Waals surface area contributed by atoms with Crippen molar-refractivity contribution in [1.82, 2.24) is 5.27 Å². The molecule has 0 saturated carbocycles. The van der Waals surface area contributed by atoms with Gasteiger partial charge in [0.25, 0.3) is 12.1 Å². The van der Waals surface area contributed by atoms with Gasteiger partial charge >= 0.3 is 5.88 Å². The minimum absolute atomic E-state index is 0.0782. The summed E-state index contributed by atoms with van der Waals surface area (Å²) in [6.07, 6.45) is 3.17. The molecule has 3 aromatic rings. The third-order valence-corrected chi connectivity index (χ3v) is 7.04. The van der Waals surface area contributed by atoms with E-state index < -0.39 is 5.90 Å². The minimum atomic E-state index is -0.467. The molecule has 41 heavy (non-hydrogen) atoms. The second-order valence-electron chi connectivity index (χ2n) is 8.68. The molecule has 214 valence electrons. The fourth-order valence-corrected chi connectivity index (χ4v) is 4.99. The number of rotatable bonds is 9. The molecular weight excluding hydrogens is 552 g/mol. The zero-order valence-electron chi connectivity index (χ0n) is 22.7. The van der Waals surface area contributed by atoms with E-state index in [1.165, 1.54) is 31.0 Å². The molecule has 0 N–H and O–H groups in total. The van der Waals surface area contributed by atoms with Gasteiger partial charge in [-0.3, -0.25) is 14.2 Å². The molecule has 0 bridgehead atoms. The highest BCUT2D eigenvalue weighted by atomic mass is 32.2. The summed E-state index contributed by atoms with van der Waals surface area (Å²) >= 11 is 1.09. The Morgan fingerprint density at radius 3 is 2.49 bits per heavy atom. The Hall–Kier alpha value is -4.56. The van der Waals surface area contributed by atoms with Crippen molar-refractivity contribution < 1.29 is 38.2 Å². The van der Waals surface area contributed by atoms with Crippen LogP contribution in [0.2, 0.25) is 0 Å². The molecule has 0 aliphatic carbocycles. The van der Waals surface area contributed by atoms with Crippen molar-refractivity contribution in [3.8, 4) is 17.2 Å². The van der Waals surface area contributed by atoms with E-state index in [0.717, 1.165) is 11.8 Å². The van der Waals surface area contributed by atoms with Crippen LogP contribution >= 0.6 is 11.8 Å². The maximum atomic E-state index is 13.5. The first-order chi connectivity index (χ1) is 20.0. The Bertz CT molecular complexity index is 1460. The van der Waals surface area contributed by atoms with Crippen LogP contribution in [0.5, 0.6) is 17.2 Å². The van der Waals surface area contributed by atoms with Crippen LogP contribution < -0.4 is 34.0 Å². The second-order valence-corrected chi connectivity index (χ2v) is 9.62. The lowest BCUT2D eigenvalue weighted by molar-refractivity contribution is -0.759. The van der Waals surface area contributed by atoms with Crippen LogP contribution in [0, 0.1) is 0 Å². The Kier molecular flexibility index (Phi) is 8.70. The van der Waals surface area contributed by atoms with Gasteiger partial charge in [-0.25, -0.2) is 9.98 Å². The first kappa shape index (κ1) is 28.0. The lowest BCUT2D eigenvalue weighted by atomic mass is 10.1. The second kappa shape index (κ2) is 12.7. The molecule has 2 aliphatic rings. The Morgan fingerprint density at radius 2 is 1.83 bits per heavy atom. The summed E-state index contributed by atoms with van der Waals surface area (Å²) in [6, 6.07) is 12.5. The standard InChI is InChI=1S/C27H28N6O7S/c1-36-21-14-18(15-22(37-2)25(21)38-3)13-20-26(35)33(19-7-5-4-6-8-19)27(28-20)41-17-23(34)29-24-16-32(30-40-24)31-9-11-39-12-10-31/h4-8,13-16H,9-12,17H2,1-3H3/b20-13+. The van der Waals surface area contributed by atoms with Gasteiger partial charge < -0.3 is 24.1 Å². The van der Waals surface area contributed by atoms with Crippen LogP contribution in [0.1, 0.15) is 5.56 Å². The fraction of sp³-hybridized carbons (Fsp3) is 0.296. The number of amides is 1. The van der Waals surface area contributed by atoms with Gasteiger partial charge in [0.1, 0.15) is 5.70 Å². The fourth-order valence-electron chi connectivity index (χ4n) is 4.19. The number of hydrogen-bond acceptors (Lipinski definition) is 12. The molecule has 1 aromatic heterocycles. The van der Waals surface area contributed by atoms with E-state index in [2.05, 4.69) is 15.3 Å². The summed E-state index contributed by atoms with van der Waals surface area (Å²) in [4.78, 5) is 25.1. The van der Waals surface area contributed by atoms with Crippen molar-refractivity contribution in [2.75, 3.05) is 63.3 Å². The number of para-hydroxylation sites is 1. The highest BCUT2D eigenvalue weighted by Gasteiger charge is 2.32. The Morgan fingerprint density at radius 1 is 1.12 bits per heavy atom. The molecule has 1 saturated heterocycles. The first-order valence-corrected chi connectivity index (χ1v) is 13.6. The van der Waals surface area contributed by atoms with E-state index in [9.17, 15) is 9.90 Å². The number of thioether (sulfide) groups is 1. The predicted octanol–water partition coefficient (Wildman–Crippen LogP) is 1.52. The van der Waals surface area contributed by atoms with E-state index in [0.29, 0.717) is 60.0 Å². The maximum Gasteiger partial charge on any atom is 0.324 e. The van der Waals surface area contributed by atoms with Crippen LogP contribution in [-0.4, -0.2) is 75.6 Å². The first-order valence-electron chi connectivity index (χ1n) is 12.6. The Labute approximate surface area is 240 Å². The van der Waals surface area contributed by atoms with Gasteiger partial charge in [-0.1, -0.05) is 30.0 Å². The number of morpholine rings is 1. The zero-order valence-corrected chi connectivity index (χ0v) is 23.5. The van der Waals surface area contributed by atoms with Crippen LogP contribution in [0.25, 0.3) is 6.08 Å². The van der Waals surface area contributed by atoms with Crippen molar-refractivity contribution in [2.24, 2.45) is 9.98 Å². The molecule has 1 amide bonds. The molecule has 2 aliphatic heterocycles. The largest absolute Gasteiger partial charge is 0.861 e. The molecule has 0 atom stereocenters. The van der Waals surface area contributed by atoms with Crippen LogP contribution in [-0.2, 0) is 9.53 Å². The topological polar surface area (TPSA) is 138 Å². The predicted molar refractivity (Wildman–Crippen MR) is 150 cm³/mol. The number of ether oxygens (including phenoxy) is 4. The molecule has 5 rings (SSSR count). The minimum Gasteiger partial charge on any atom is -0.861 e. The van der Waals surface area contributed by atoms with Gasteiger partial charge in [-0.15, -0.1) is 5.01 Å². The maximum absolute atomic E-state index is 13.5. The molecule has 2 aromatic carbocycles. The summed E-state index contributed by atoms with van der Waals surface area (Å²) in [5, 5.41) is 18.9. The summed E-state index contributed by atoms with van der Waals surface area (Å²) in [6.45, 7) is 2.46. The zero-order chi connectivity index (χ0) is 28.8. The number of amidine groups is 1. The molecular formula is C27H28N6O7S. The Balaban J connectivity index is 1.39. The van der Waals surface area contributed by atoms with E-state index in [1.54, 1.807) is 36.5 Å². The van der Waals surface area contributed by atoms with Crippen molar-refractivity contribution in [1.29, 1.82) is 0 Å². The number of nitrogens with zero attached hydrogens (tertiary/aromatic N) is 6. The average Bonchev–Trinajstić information content (AvgIpc) is 3.60. The van der Waals surface area contributed by atoms with Crippen molar-refractivity contribution in [2.45, 2.75) is 0 Å². The smallest absolute Gasteiger partial charge is 0.324 e. The normalized spacial score (nSPS) is 16.8. The quantitative estimate of drug-likeness (QED) is 0.158. The van der Waals surface area contributed by atoms with E-state index in [1.807, 2.05) is 23.2 Å². The van der Waals surface area contributed by atoms with Crippen molar-refractivity contribution in [3.63, 3.8) is 0 Å². The number of methoxy groups -OCH3 is 3. The number of anilines is 1. The monoisotopic (exact) mass is 580 g/mol. The van der Waals surface area contributed by atoms with Gasteiger partial charge in [0.2, 0.25) is 11.0 Å². The molecule has 3 heterocycles. The highest BCUT2D eigenvalue weighted by molar-refractivity contribution is 8.14. The van der Waals surface area contributed by atoms with Crippen LogP contribution in [0.4, 0.5) is 11.6 Å². The molecule has 1 fully saturated rings. The van der Waals surface area contributed by atoms with E-state index in [-0.39, 0.29) is 23.2 Å². The van der Waals surface area contributed by atoms with Crippen LogP contribution in [0.3, 0.4) is 0 Å². The lowest BCUT2D eigenvalue weighted by Gasteiger charge is -2.18. The van der Waals surface area contributed by atoms with Gasteiger partial charge in [0.05, 0.1) is 58.1 Å². The highest BCUT2D eigenvalue weighted by Crippen LogP contribution is 2.39. The van der Waals surface area contributed by atoms with Crippen LogP contribution in [0.15, 0.2) is 68.9 Å². The SMILES string of the molecule is COc1cc(/C=C2/N=C(SC/C([O-])=N\c3c[n+](N4CCOCC4)no3)N(c3ccccc3)C2=O)cc(OC)c1OC. The number of carbonyl (C=O) groups is 1. The summed E-state index contributed by atoms with van der Waals surface area (Å²) in [5.74, 6) is 0.503. The number of carbonyl (C=O) groups excluding carboxylic acids is 1. The molecule has 0 unspecified atom stereocenters. The number of aliphatic imine (C=N–C) groups is 2. The lowest BCUT2D eigenvalue weighted by Crippen LogP contribution is -2.62. The average molecular weight is 581 g/mol. The molecule has 13 nitrogen and oxygen atoms in total. The summed E-state index contributed by atoms with van der Waals surface area (Å²) in [5.41, 5.74) is 1.41. The number of aromatic nitrogens is 2. The van der Waals surface area contributed by atoms with Crippen molar-refractivity contribution in [3.05, 3.63) is 59.9 Å². The molecule has 14 heteroatoms. The summed E-state index contributed by atoms with van der Waals surface area (Å²) < 4.78 is 26.8. The molecule has 0 spiro atoms. The summed E-state index contributed by atoms with van der Waals surface area (Å²) in [7, 11) is 4.55. The number of hydrogen-bond donors (Lipinski definition) is 0. The van der Waals surface area contributed by atoms with Gasteiger partial charge in [-0.2, -0.15) is 0 Å². The van der Waals surface area contributed by atoms with Gasteiger partial charge in [-0.05, 0) is 41.8 Å². The molecule has 0 radical (unpaired) electrons. The van der Waals surface area contributed by atoms with Crippen molar-refractivity contribution >= 4 is 46.4 Å². The van der Waals surface area contributed by atoms with Gasteiger partial charge in [0, 0.05) is 5.75 Å². The van der Waals surface area contributed by atoms with Gasteiger partial charge in [0.15, 0.2) is 16.7 Å². The van der Waals surface area contributed by atoms with E-state index >= 15 is 0 Å².